The summed E-state index contributed by atoms with van der Waals surface area (Å²) in [6.07, 6.45) is 3.82. The van der Waals surface area contributed by atoms with Gasteiger partial charge < -0.3 is 5.11 Å². The van der Waals surface area contributed by atoms with E-state index in [9.17, 15) is 5.11 Å². The first-order valence-corrected chi connectivity index (χ1v) is 7.63. The second kappa shape index (κ2) is 6.36. The Bertz CT molecular complexity index is 498. The topological polar surface area (TPSA) is 33.1 Å². The van der Waals surface area contributed by atoms with E-state index in [4.69, 9.17) is 0 Å². The molecule has 0 saturated heterocycles. The minimum Gasteiger partial charge on any atom is -0.388 e. The summed E-state index contributed by atoms with van der Waals surface area (Å²) in [5.41, 5.74) is 1.82. The van der Waals surface area contributed by atoms with Crippen LogP contribution in [0.15, 0.2) is 52.0 Å². The standard InChI is InChI=1S/C14H14BrNOS/c1-18-13-6-2-10(3-7-13)14(17)8-12-5-4-11(15)9-16-12/h2-7,9,14,17H,8H2,1H3. The Kier molecular flexibility index (Phi) is 4.80. The van der Waals surface area contributed by atoms with E-state index in [1.165, 1.54) is 4.90 Å². The predicted octanol–water partition coefficient (Wildman–Crippen LogP) is 3.84. The van der Waals surface area contributed by atoms with Crippen LogP contribution in [0, 0.1) is 0 Å². The summed E-state index contributed by atoms with van der Waals surface area (Å²) in [6.45, 7) is 0. The van der Waals surface area contributed by atoms with Crippen molar-refractivity contribution < 1.29 is 5.11 Å². The van der Waals surface area contributed by atoms with E-state index >= 15 is 0 Å². The van der Waals surface area contributed by atoms with Crippen LogP contribution in [0.5, 0.6) is 0 Å². The number of halogens is 1. The van der Waals surface area contributed by atoms with Crippen LogP contribution in [-0.2, 0) is 6.42 Å². The van der Waals surface area contributed by atoms with Crippen molar-refractivity contribution in [1.29, 1.82) is 0 Å². The Morgan fingerprint density at radius 2 is 1.94 bits per heavy atom. The third-order valence-electron chi connectivity index (χ3n) is 2.69. The fourth-order valence-corrected chi connectivity index (χ4v) is 2.31. The number of pyridine rings is 1. The molecule has 94 valence electrons. The lowest BCUT2D eigenvalue weighted by Crippen LogP contribution is -2.03. The molecule has 1 heterocycles. The summed E-state index contributed by atoms with van der Waals surface area (Å²) in [5.74, 6) is 0. The van der Waals surface area contributed by atoms with Gasteiger partial charge in [0.05, 0.1) is 6.10 Å². The van der Waals surface area contributed by atoms with Gasteiger partial charge >= 0.3 is 0 Å². The number of aromatic nitrogens is 1. The van der Waals surface area contributed by atoms with Crippen molar-refractivity contribution in [1.82, 2.24) is 4.98 Å². The summed E-state index contributed by atoms with van der Waals surface area (Å²) in [6, 6.07) is 11.8. The number of aliphatic hydroxyl groups excluding tert-OH is 1. The van der Waals surface area contributed by atoms with E-state index in [0.29, 0.717) is 6.42 Å². The minimum absolute atomic E-state index is 0.505. The van der Waals surface area contributed by atoms with Gasteiger partial charge in [0.25, 0.3) is 0 Å². The molecule has 0 aliphatic heterocycles. The number of hydrogen-bond acceptors (Lipinski definition) is 3. The molecular formula is C14H14BrNOS. The van der Waals surface area contributed by atoms with Gasteiger partial charge in [-0.1, -0.05) is 12.1 Å². The van der Waals surface area contributed by atoms with E-state index in [2.05, 4.69) is 20.9 Å². The van der Waals surface area contributed by atoms with Crippen LogP contribution >= 0.6 is 27.7 Å². The van der Waals surface area contributed by atoms with Crippen LogP contribution < -0.4 is 0 Å². The third kappa shape index (κ3) is 3.57. The lowest BCUT2D eigenvalue weighted by atomic mass is 10.0. The Morgan fingerprint density at radius 1 is 1.22 bits per heavy atom. The molecule has 1 N–H and O–H groups in total. The van der Waals surface area contributed by atoms with Crippen LogP contribution in [-0.4, -0.2) is 16.3 Å². The number of rotatable bonds is 4. The molecule has 4 heteroatoms. The van der Waals surface area contributed by atoms with Gasteiger partial charge in [-0.3, -0.25) is 4.98 Å². The molecule has 0 aliphatic carbocycles. The highest BCUT2D eigenvalue weighted by molar-refractivity contribution is 9.10. The second-order valence-corrected chi connectivity index (χ2v) is 5.76. The molecule has 2 rings (SSSR count). The van der Waals surface area contributed by atoms with E-state index in [0.717, 1.165) is 15.7 Å². The maximum Gasteiger partial charge on any atom is 0.0845 e. The molecular weight excluding hydrogens is 310 g/mol. The fraction of sp³-hybridized carbons (Fsp3) is 0.214. The van der Waals surface area contributed by atoms with Crippen molar-refractivity contribution in [3.05, 3.63) is 58.3 Å². The van der Waals surface area contributed by atoms with Crippen LogP contribution in [0.1, 0.15) is 17.4 Å². The Labute approximate surface area is 120 Å². The zero-order valence-corrected chi connectivity index (χ0v) is 12.4. The van der Waals surface area contributed by atoms with Crippen molar-refractivity contribution in [3.63, 3.8) is 0 Å². The summed E-state index contributed by atoms with van der Waals surface area (Å²) < 4.78 is 0.949. The quantitative estimate of drug-likeness (QED) is 0.868. The van der Waals surface area contributed by atoms with Gasteiger partial charge in [0.15, 0.2) is 0 Å². The third-order valence-corrected chi connectivity index (χ3v) is 3.90. The van der Waals surface area contributed by atoms with Gasteiger partial charge in [-0.05, 0) is 52.0 Å². The van der Waals surface area contributed by atoms with E-state index < -0.39 is 6.10 Å². The number of hydrogen-bond donors (Lipinski definition) is 1. The van der Waals surface area contributed by atoms with Crippen molar-refractivity contribution >= 4 is 27.7 Å². The highest BCUT2D eigenvalue weighted by Gasteiger charge is 2.09. The second-order valence-electron chi connectivity index (χ2n) is 3.96. The fourth-order valence-electron chi connectivity index (χ4n) is 1.67. The molecule has 18 heavy (non-hydrogen) atoms. The van der Waals surface area contributed by atoms with Crippen molar-refractivity contribution in [3.8, 4) is 0 Å². The number of nitrogens with zero attached hydrogens (tertiary/aromatic N) is 1. The van der Waals surface area contributed by atoms with Gasteiger partial charge in [0, 0.05) is 27.7 Å². The molecule has 0 radical (unpaired) electrons. The zero-order valence-electron chi connectivity index (χ0n) is 10.0. The first kappa shape index (κ1) is 13.6. The summed E-state index contributed by atoms with van der Waals surface area (Å²) in [4.78, 5) is 5.47. The van der Waals surface area contributed by atoms with Crippen molar-refractivity contribution in [2.24, 2.45) is 0 Å². The van der Waals surface area contributed by atoms with E-state index in [1.807, 2.05) is 42.7 Å². The summed E-state index contributed by atoms with van der Waals surface area (Å²) in [7, 11) is 0. The summed E-state index contributed by atoms with van der Waals surface area (Å²) >= 11 is 5.04. The molecule has 1 aromatic heterocycles. The minimum atomic E-state index is -0.505. The monoisotopic (exact) mass is 323 g/mol. The van der Waals surface area contributed by atoms with Gasteiger partial charge in [0.2, 0.25) is 0 Å². The molecule has 2 aromatic rings. The highest BCUT2D eigenvalue weighted by Crippen LogP contribution is 2.21. The number of benzene rings is 1. The van der Waals surface area contributed by atoms with E-state index in [1.54, 1.807) is 18.0 Å². The van der Waals surface area contributed by atoms with Crippen LogP contribution in [0.25, 0.3) is 0 Å². The van der Waals surface area contributed by atoms with Crippen molar-refractivity contribution in [2.75, 3.05) is 6.26 Å². The maximum atomic E-state index is 10.1. The molecule has 2 nitrogen and oxygen atoms in total. The normalized spacial score (nSPS) is 12.4. The van der Waals surface area contributed by atoms with E-state index in [-0.39, 0.29) is 0 Å². The highest BCUT2D eigenvalue weighted by atomic mass is 79.9. The number of thioether (sulfide) groups is 1. The van der Waals surface area contributed by atoms with Gasteiger partial charge in [-0.15, -0.1) is 11.8 Å². The van der Waals surface area contributed by atoms with Crippen LogP contribution in [0.4, 0.5) is 0 Å². The first-order valence-electron chi connectivity index (χ1n) is 5.61. The largest absolute Gasteiger partial charge is 0.388 e. The molecule has 1 atom stereocenters. The lowest BCUT2D eigenvalue weighted by Gasteiger charge is -2.11. The summed E-state index contributed by atoms with van der Waals surface area (Å²) in [5, 5.41) is 10.1. The molecule has 1 unspecified atom stereocenters. The Balaban J connectivity index is 2.06. The molecule has 0 aliphatic rings. The Hall–Kier alpha value is -0.840. The average Bonchev–Trinajstić information content (AvgIpc) is 2.41. The lowest BCUT2D eigenvalue weighted by molar-refractivity contribution is 0.177. The zero-order chi connectivity index (χ0) is 13.0. The molecule has 0 saturated carbocycles. The van der Waals surface area contributed by atoms with Gasteiger partial charge in [0.1, 0.15) is 0 Å². The van der Waals surface area contributed by atoms with Gasteiger partial charge in [-0.25, -0.2) is 0 Å². The van der Waals surface area contributed by atoms with Crippen LogP contribution in [0.2, 0.25) is 0 Å². The molecule has 0 fully saturated rings. The molecule has 0 amide bonds. The SMILES string of the molecule is CSc1ccc(C(O)Cc2ccc(Br)cn2)cc1. The molecule has 1 aromatic carbocycles. The molecule has 0 bridgehead atoms. The molecule has 0 spiro atoms. The van der Waals surface area contributed by atoms with Gasteiger partial charge in [-0.2, -0.15) is 0 Å². The average molecular weight is 324 g/mol. The number of aliphatic hydroxyl groups is 1. The predicted molar refractivity (Wildman–Crippen MR) is 78.8 cm³/mol. The van der Waals surface area contributed by atoms with Crippen molar-refractivity contribution in [2.45, 2.75) is 17.4 Å². The maximum absolute atomic E-state index is 10.1. The van der Waals surface area contributed by atoms with Crippen LogP contribution in [0.3, 0.4) is 0 Å². The Morgan fingerprint density at radius 3 is 2.50 bits per heavy atom. The smallest absolute Gasteiger partial charge is 0.0845 e. The first-order chi connectivity index (χ1) is 8.69.